The molecule has 0 unspecified atom stereocenters. The van der Waals surface area contributed by atoms with Crippen molar-refractivity contribution in [2.24, 2.45) is 0 Å². The van der Waals surface area contributed by atoms with Crippen molar-refractivity contribution in [3.05, 3.63) is 64.9 Å². The number of halogens is 2. The van der Waals surface area contributed by atoms with Gasteiger partial charge in [0.25, 0.3) is 0 Å². The minimum Gasteiger partial charge on any atom is -0.293 e. The van der Waals surface area contributed by atoms with E-state index in [0.717, 1.165) is 4.90 Å². The van der Waals surface area contributed by atoms with Gasteiger partial charge in [0.05, 0.1) is 10.8 Å². The van der Waals surface area contributed by atoms with Crippen LogP contribution in [0.5, 0.6) is 0 Å². The topological polar surface area (TPSA) is 17.1 Å². The monoisotopic (exact) mass is 280 g/mol. The predicted molar refractivity (Wildman–Crippen MR) is 72.9 cm³/mol. The van der Waals surface area contributed by atoms with Gasteiger partial charge in [0.2, 0.25) is 0 Å². The molecule has 0 saturated carbocycles. The van der Waals surface area contributed by atoms with Crippen molar-refractivity contribution < 1.29 is 9.18 Å². The number of carbonyl (C=O) groups excluding carboxylic acids is 1. The van der Waals surface area contributed by atoms with Crippen LogP contribution in [0.25, 0.3) is 0 Å². The lowest BCUT2D eigenvalue weighted by Gasteiger charge is -2.03. The van der Waals surface area contributed by atoms with Crippen molar-refractivity contribution in [1.29, 1.82) is 0 Å². The Hall–Kier alpha value is -1.32. The molecule has 0 heterocycles. The number of ketones is 1. The Bertz CT molecular complexity index is 571. The van der Waals surface area contributed by atoms with E-state index >= 15 is 0 Å². The number of thioether (sulfide) groups is 1. The summed E-state index contributed by atoms with van der Waals surface area (Å²) < 4.78 is 13.0. The third kappa shape index (κ3) is 3.34. The Labute approximate surface area is 114 Å². The molecule has 0 radical (unpaired) electrons. The standard InChI is InChI=1S/C14H10ClFOS/c15-12-6-1-2-7-14(12)18-9-13(17)10-4-3-5-11(16)8-10/h1-8H,9H2. The summed E-state index contributed by atoms with van der Waals surface area (Å²) in [5.41, 5.74) is 0.384. The third-order valence-electron chi connectivity index (χ3n) is 2.34. The van der Waals surface area contributed by atoms with E-state index < -0.39 is 5.82 Å². The van der Waals surface area contributed by atoms with E-state index in [1.54, 1.807) is 12.1 Å². The zero-order valence-corrected chi connectivity index (χ0v) is 11.0. The van der Waals surface area contributed by atoms with Crippen molar-refractivity contribution in [3.63, 3.8) is 0 Å². The van der Waals surface area contributed by atoms with Crippen LogP contribution in [0.1, 0.15) is 10.4 Å². The summed E-state index contributed by atoms with van der Waals surface area (Å²) in [7, 11) is 0. The lowest BCUT2D eigenvalue weighted by Crippen LogP contribution is -2.02. The number of hydrogen-bond donors (Lipinski definition) is 0. The number of hydrogen-bond acceptors (Lipinski definition) is 2. The molecule has 4 heteroatoms. The summed E-state index contributed by atoms with van der Waals surface area (Å²) in [5.74, 6) is -0.268. The molecule has 0 atom stereocenters. The molecular weight excluding hydrogens is 271 g/mol. The number of carbonyl (C=O) groups is 1. The van der Waals surface area contributed by atoms with Gasteiger partial charge in [-0.1, -0.05) is 35.9 Å². The van der Waals surface area contributed by atoms with Crippen LogP contribution in [0, 0.1) is 5.82 Å². The molecule has 0 aliphatic carbocycles. The molecule has 0 saturated heterocycles. The molecule has 2 aromatic rings. The maximum Gasteiger partial charge on any atom is 0.173 e. The summed E-state index contributed by atoms with van der Waals surface area (Å²) in [4.78, 5) is 12.7. The van der Waals surface area contributed by atoms with Crippen LogP contribution < -0.4 is 0 Å². The molecule has 0 fully saturated rings. The zero-order valence-electron chi connectivity index (χ0n) is 9.40. The Balaban J connectivity index is 2.03. The van der Waals surface area contributed by atoms with Gasteiger partial charge in [0, 0.05) is 10.5 Å². The molecule has 92 valence electrons. The second-order valence-corrected chi connectivity index (χ2v) is 5.08. The van der Waals surface area contributed by atoms with E-state index in [2.05, 4.69) is 0 Å². The summed E-state index contributed by atoms with van der Waals surface area (Å²) in [6, 6.07) is 13.0. The first kappa shape index (κ1) is 13.1. The molecule has 0 N–H and O–H groups in total. The summed E-state index contributed by atoms with van der Waals surface area (Å²) in [5, 5.41) is 0.620. The van der Waals surface area contributed by atoms with Crippen molar-refractivity contribution in [2.45, 2.75) is 4.90 Å². The molecule has 0 amide bonds. The van der Waals surface area contributed by atoms with Gasteiger partial charge in [-0.05, 0) is 24.3 Å². The maximum atomic E-state index is 13.0. The van der Waals surface area contributed by atoms with Gasteiger partial charge in [-0.3, -0.25) is 4.79 Å². The van der Waals surface area contributed by atoms with E-state index in [-0.39, 0.29) is 11.5 Å². The van der Waals surface area contributed by atoms with Gasteiger partial charge < -0.3 is 0 Å². The van der Waals surface area contributed by atoms with Gasteiger partial charge in [-0.2, -0.15) is 0 Å². The van der Waals surface area contributed by atoms with Crippen LogP contribution in [0.2, 0.25) is 5.02 Å². The Kier molecular flexibility index (Phi) is 4.39. The molecule has 0 aliphatic rings. The number of Topliss-reactive ketones (excluding diaryl/α,β-unsaturated/α-hetero) is 1. The lowest BCUT2D eigenvalue weighted by atomic mass is 10.1. The van der Waals surface area contributed by atoms with Gasteiger partial charge >= 0.3 is 0 Å². The smallest absolute Gasteiger partial charge is 0.173 e. The van der Waals surface area contributed by atoms with E-state index in [0.29, 0.717) is 10.6 Å². The second kappa shape index (κ2) is 6.03. The van der Waals surface area contributed by atoms with E-state index in [4.69, 9.17) is 11.6 Å². The average Bonchev–Trinajstić information content (AvgIpc) is 2.37. The lowest BCUT2D eigenvalue weighted by molar-refractivity contribution is 0.102. The fourth-order valence-corrected chi connectivity index (χ4v) is 2.58. The average molecular weight is 281 g/mol. The molecule has 2 rings (SSSR count). The highest BCUT2D eigenvalue weighted by Crippen LogP contribution is 2.27. The van der Waals surface area contributed by atoms with Crippen molar-refractivity contribution >= 4 is 29.1 Å². The molecular formula is C14H10ClFOS. The summed E-state index contributed by atoms with van der Waals surface area (Å²) in [6.45, 7) is 0. The SMILES string of the molecule is O=C(CSc1ccccc1Cl)c1cccc(F)c1. The largest absolute Gasteiger partial charge is 0.293 e. The summed E-state index contributed by atoms with van der Waals surface area (Å²) in [6.07, 6.45) is 0. The molecule has 0 aliphatic heterocycles. The molecule has 0 bridgehead atoms. The van der Waals surface area contributed by atoms with Crippen molar-refractivity contribution in [2.75, 3.05) is 5.75 Å². The van der Waals surface area contributed by atoms with E-state index in [1.165, 1.54) is 30.0 Å². The highest BCUT2D eigenvalue weighted by Gasteiger charge is 2.08. The minimum atomic E-state index is -0.399. The third-order valence-corrected chi connectivity index (χ3v) is 3.86. The first-order valence-corrected chi connectivity index (χ1v) is 6.69. The Morgan fingerprint density at radius 3 is 2.67 bits per heavy atom. The second-order valence-electron chi connectivity index (χ2n) is 3.65. The first-order chi connectivity index (χ1) is 8.66. The van der Waals surface area contributed by atoms with Gasteiger partial charge in [-0.25, -0.2) is 4.39 Å². The number of rotatable bonds is 4. The molecule has 18 heavy (non-hydrogen) atoms. The molecule has 0 spiro atoms. The van der Waals surface area contributed by atoms with Gasteiger partial charge in [0.1, 0.15) is 5.82 Å². The first-order valence-electron chi connectivity index (χ1n) is 5.33. The zero-order chi connectivity index (χ0) is 13.0. The fraction of sp³-hybridized carbons (Fsp3) is 0.0714. The highest BCUT2D eigenvalue weighted by molar-refractivity contribution is 8.00. The van der Waals surface area contributed by atoms with E-state index in [9.17, 15) is 9.18 Å². The molecule has 2 aromatic carbocycles. The van der Waals surface area contributed by atoms with Crippen LogP contribution in [-0.4, -0.2) is 11.5 Å². The minimum absolute atomic E-state index is 0.112. The quantitative estimate of drug-likeness (QED) is 0.608. The number of benzene rings is 2. The van der Waals surface area contributed by atoms with Crippen LogP contribution in [0.4, 0.5) is 4.39 Å². The van der Waals surface area contributed by atoms with Gasteiger partial charge in [-0.15, -0.1) is 11.8 Å². The predicted octanol–water partition coefficient (Wildman–Crippen LogP) is 4.45. The maximum absolute atomic E-state index is 13.0. The van der Waals surface area contributed by atoms with E-state index in [1.807, 2.05) is 18.2 Å². The normalized spacial score (nSPS) is 10.3. The molecule has 0 aromatic heterocycles. The van der Waals surface area contributed by atoms with Crippen LogP contribution in [0.3, 0.4) is 0 Å². The van der Waals surface area contributed by atoms with Crippen LogP contribution >= 0.6 is 23.4 Å². The van der Waals surface area contributed by atoms with Crippen LogP contribution in [0.15, 0.2) is 53.4 Å². The fourth-order valence-electron chi connectivity index (χ4n) is 1.45. The van der Waals surface area contributed by atoms with Crippen LogP contribution in [-0.2, 0) is 0 Å². The highest BCUT2D eigenvalue weighted by atomic mass is 35.5. The van der Waals surface area contributed by atoms with Gasteiger partial charge in [0.15, 0.2) is 5.78 Å². The molecule has 1 nitrogen and oxygen atoms in total. The Morgan fingerprint density at radius 1 is 1.17 bits per heavy atom. The summed E-state index contributed by atoms with van der Waals surface area (Å²) >= 11 is 7.34. The Morgan fingerprint density at radius 2 is 1.94 bits per heavy atom. The van der Waals surface area contributed by atoms with Crippen molar-refractivity contribution in [3.8, 4) is 0 Å². The van der Waals surface area contributed by atoms with Crippen molar-refractivity contribution in [1.82, 2.24) is 0 Å².